The second-order valence-corrected chi connectivity index (χ2v) is 3.22. The predicted octanol–water partition coefficient (Wildman–Crippen LogP) is 2.70. The smallest absolute Gasteiger partial charge is 0.0179 e. The molecule has 0 radical (unpaired) electrons. The van der Waals surface area contributed by atoms with Crippen molar-refractivity contribution in [2.24, 2.45) is 0 Å². The molecule has 2 heteroatoms. The van der Waals surface area contributed by atoms with Crippen molar-refractivity contribution in [2.75, 3.05) is 13.1 Å². The molecule has 1 nitrogen and oxygen atoms in total. The zero-order chi connectivity index (χ0) is 8.81. The predicted molar refractivity (Wildman–Crippen MR) is 53.2 cm³/mol. The SMILES string of the molecule is CCN(Cl)CCc1ccccc1. The van der Waals surface area contributed by atoms with Crippen molar-refractivity contribution in [3.05, 3.63) is 35.9 Å². The highest BCUT2D eigenvalue weighted by atomic mass is 35.5. The first-order valence-electron chi connectivity index (χ1n) is 4.27. The Hall–Kier alpha value is -0.530. The van der Waals surface area contributed by atoms with Crippen LogP contribution in [0.25, 0.3) is 0 Å². The quantitative estimate of drug-likeness (QED) is 0.649. The van der Waals surface area contributed by atoms with Gasteiger partial charge in [0.15, 0.2) is 0 Å². The maximum absolute atomic E-state index is 5.85. The Morgan fingerprint density at radius 3 is 2.50 bits per heavy atom. The second kappa shape index (κ2) is 5.18. The third kappa shape index (κ3) is 3.24. The average Bonchev–Trinajstić information content (AvgIpc) is 2.16. The molecule has 0 amide bonds. The summed E-state index contributed by atoms with van der Waals surface area (Å²) in [5.74, 6) is 0. The zero-order valence-corrected chi connectivity index (χ0v) is 8.09. The van der Waals surface area contributed by atoms with Crippen LogP contribution in [0, 0.1) is 0 Å². The van der Waals surface area contributed by atoms with Crippen LogP contribution in [-0.4, -0.2) is 17.5 Å². The minimum Gasteiger partial charge on any atom is -0.220 e. The van der Waals surface area contributed by atoms with Crippen molar-refractivity contribution < 1.29 is 0 Å². The van der Waals surface area contributed by atoms with Gasteiger partial charge in [0.25, 0.3) is 0 Å². The molecule has 1 aromatic carbocycles. The summed E-state index contributed by atoms with van der Waals surface area (Å²) in [5, 5.41) is 0. The highest BCUT2D eigenvalue weighted by molar-refractivity contribution is 6.13. The Kier molecular flexibility index (Phi) is 4.12. The Labute approximate surface area is 79.1 Å². The van der Waals surface area contributed by atoms with Gasteiger partial charge in [-0.05, 0) is 23.8 Å². The van der Waals surface area contributed by atoms with Gasteiger partial charge in [-0.25, -0.2) is 4.42 Å². The molecule has 0 saturated heterocycles. The Bertz CT molecular complexity index is 210. The largest absolute Gasteiger partial charge is 0.220 e. The lowest BCUT2D eigenvalue weighted by Crippen LogP contribution is -2.14. The lowest BCUT2D eigenvalue weighted by molar-refractivity contribution is 0.484. The molecule has 66 valence electrons. The minimum atomic E-state index is 0.897. The molecule has 0 spiro atoms. The van der Waals surface area contributed by atoms with Gasteiger partial charge in [-0.3, -0.25) is 0 Å². The van der Waals surface area contributed by atoms with E-state index in [0.717, 1.165) is 19.5 Å². The molecule has 0 saturated carbocycles. The van der Waals surface area contributed by atoms with Gasteiger partial charge < -0.3 is 0 Å². The number of likely N-dealkylation sites (N-methyl/N-ethyl adjacent to an activating group) is 1. The van der Waals surface area contributed by atoms with Gasteiger partial charge in [-0.1, -0.05) is 37.3 Å². The van der Waals surface area contributed by atoms with Crippen molar-refractivity contribution in [3.63, 3.8) is 0 Å². The van der Waals surface area contributed by atoms with Crippen LogP contribution in [0.15, 0.2) is 30.3 Å². The Morgan fingerprint density at radius 2 is 1.92 bits per heavy atom. The van der Waals surface area contributed by atoms with Gasteiger partial charge in [0.2, 0.25) is 0 Å². The molecular formula is C10H14ClN. The zero-order valence-electron chi connectivity index (χ0n) is 7.33. The number of benzene rings is 1. The summed E-state index contributed by atoms with van der Waals surface area (Å²) < 4.78 is 1.80. The molecule has 0 bridgehead atoms. The van der Waals surface area contributed by atoms with Gasteiger partial charge in [-0.2, -0.15) is 0 Å². The first kappa shape index (κ1) is 9.56. The number of halogens is 1. The standard InChI is InChI=1S/C10H14ClN/c1-2-12(11)9-8-10-6-4-3-5-7-10/h3-7H,2,8-9H2,1H3. The Balaban J connectivity index is 2.33. The molecule has 1 aromatic rings. The number of nitrogens with zero attached hydrogens (tertiary/aromatic N) is 1. The maximum Gasteiger partial charge on any atom is 0.0179 e. The summed E-state index contributed by atoms with van der Waals surface area (Å²) in [6.45, 7) is 3.87. The normalized spacial score (nSPS) is 10.6. The van der Waals surface area contributed by atoms with Crippen LogP contribution in [0.4, 0.5) is 0 Å². The third-order valence-corrected chi connectivity index (χ3v) is 2.24. The summed E-state index contributed by atoms with van der Waals surface area (Å²) in [7, 11) is 0. The summed E-state index contributed by atoms with van der Waals surface area (Å²) in [6, 6.07) is 10.4. The highest BCUT2D eigenvalue weighted by Crippen LogP contribution is 2.02. The lowest BCUT2D eigenvalue weighted by atomic mass is 10.1. The molecule has 0 aliphatic heterocycles. The highest BCUT2D eigenvalue weighted by Gasteiger charge is 1.96. The molecule has 0 aliphatic rings. The number of hydrogen-bond acceptors (Lipinski definition) is 1. The molecule has 0 aromatic heterocycles. The summed E-state index contributed by atoms with van der Waals surface area (Å²) in [5.41, 5.74) is 1.34. The van der Waals surface area contributed by atoms with Crippen LogP contribution in [-0.2, 0) is 6.42 Å². The lowest BCUT2D eigenvalue weighted by Gasteiger charge is -2.09. The molecule has 0 unspecified atom stereocenters. The van der Waals surface area contributed by atoms with Crippen molar-refractivity contribution in [2.45, 2.75) is 13.3 Å². The van der Waals surface area contributed by atoms with Gasteiger partial charge in [0.1, 0.15) is 0 Å². The maximum atomic E-state index is 5.85. The topological polar surface area (TPSA) is 3.24 Å². The van der Waals surface area contributed by atoms with E-state index in [9.17, 15) is 0 Å². The van der Waals surface area contributed by atoms with Crippen molar-refractivity contribution in [1.82, 2.24) is 4.42 Å². The fraction of sp³-hybridized carbons (Fsp3) is 0.400. The van der Waals surface area contributed by atoms with Gasteiger partial charge >= 0.3 is 0 Å². The van der Waals surface area contributed by atoms with Crippen molar-refractivity contribution in [1.29, 1.82) is 0 Å². The van der Waals surface area contributed by atoms with E-state index in [4.69, 9.17) is 11.8 Å². The van der Waals surface area contributed by atoms with Crippen LogP contribution in [0.3, 0.4) is 0 Å². The molecule has 1 rings (SSSR count). The van der Waals surface area contributed by atoms with Gasteiger partial charge in [0, 0.05) is 13.1 Å². The molecule has 0 aliphatic carbocycles. The fourth-order valence-corrected chi connectivity index (χ4v) is 1.14. The van der Waals surface area contributed by atoms with E-state index < -0.39 is 0 Å². The van der Waals surface area contributed by atoms with Gasteiger partial charge in [0.05, 0.1) is 0 Å². The van der Waals surface area contributed by atoms with Crippen LogP contribution in [0.1, 0.15) is 12.5 Å². The van der Waals surface area contributed by atoms with Gasteiger partial charge in [-0.15, -0.1) is 0 Å². The van der Waals surface area contributed by atoms with E-state index in [2.05, 4.69) is 31.2 Å². The van der Waals surface area contributed by atoms with E-state index >= 15 is 0 Å². The van der Waals surface area contributed by atoms with Crippen LogP contribution in [0.2, 0.25) is 0 Å². The monoisotopic (exact) mass is 183 g/mol. The van der Waals surface area contributed by atoms with Crippen LogP contribution in [0.5, 0.6) is 0 Å². The van der Waals surface area contributed by atoms with E-state index in [-0.39, 0.29) is 0 Å². The third-order valence-electron chi connectivity index (χ3n) is 1.83. The van der Waals surface area contributed by atoms with Crippen molar-refractivity contribution >= 4 is 11.8 Å². The molecule has 0 N–H and O–H groups in total. The van der Waals surface area contributed by atoms with E-state index in [1.807, 2.05) is 6.07 Å². The molecular weight excluding hydrogens is 170 g/mol. The fourth-order valence-electron chi connectivity index (χ4n) is 1.05. The van der Waals surface area contributed by atoms with Crippen molar-refractivity contribution in [3.8, 4) is 0 Å². The molecule has 0 atom stereocenters. The van der Waals surface area contributed by atoms with Crippen LogP contribution >= 0.6 is 11.8 Å². The summed E-state index contributed by atoms with van der Waals surface area (Å²) >= 11 is 5.85. The van der Waals surface area contributed by atoms with E-state index in [1.165, 1.54) is 5.56 Å². The average molecular weight is 184 g/mol. The number of hydrogen-bond donors (Lipinski definition) is 0. The minimum absolute atomic E-state index is 0.897. The van der Waals surface area contributed by atoms with E-state index in [0.29, 0.717) is 0 Å². The second-order valence-electron chi connectivity index (χ2n) is 2.74. The van der Waals surface area contributed by atoms with E-state index in [1.54, 1.807) is 4.42 Å². The summed E-state index contributed by atoms with van der Waals surface area (Å²) in [6.07, 6.45) is 1.03. The van der Waals surface area contributed by atoms with Crippen LogP contribution < -0.4 is 0 Å². The first-order chi connectivity index (χ1) is 5.83. The first-order valence-corrected chi connectivity index (χ1v) is 4.61. The molecule has 12 heavy (non-hydrogen) atoms. The summed E-state index contributed by atoms with van der Waals surface area (Å²) in [4.78, 5) is 0. The molecule has 0 heterocycles. The molecule has 0 fully saturated rings. The Morgan fingerprint density at radius 1 is 1.25 bits per heavy atom. The number of rotatable bonds is 4.